The molecule has 0 aromatic heterocycles. The number of hydrogen-bond acceptors (Lipinski definition) is 3. The maximum absolute atomic E-state index is 13.7. The summed E-state index contributed by atoms with van der Waals surface area (Å²) in [6.07, 6.45) is 3.11. The van der Waals surface area contributed by atoms with Gasteiger partial charge in [-0.1, -0.05) is 30.3 Å². The van der Waals surface area contributed by atoms with E-state index >= 15 is 0 Å². The fourth-order valence-electron chi connectivity index (χ4n) is 3.08. The largest absolute Gasteiger partial charge is 0.497 e. The van der Waals surface area contributed by atoms with E-state index in [0.29, 0.717) is 31.7 Å². The van der Waals surface area contributed by atoms with Gasteiger partial charge in [0.1, 0.15) is 11.6 Å². The molecule has 2 amide bonds. The Morgan fingerprint density at radius 1 is 1.11 bits per heavy atom. The minimum atomic E-state index is -0.372. The number of benzene rings is 2. The number of carbonyl (C=O) groups excluding carboxylic acids is 2. The smallest absolute Gasteiger partial charge is 0.246 e. The summed E-state index contributed by atoms with van der Waals surface area (Å²) < 4.78 is 18.8. The van der Waals surface area contributed by atoms with Gasteiger partial charge < -0.3 is 14.5 Å². The Morgan fingerprint density at radius 2 is 1.86 bits per heavy atom. The highest BCUT2D eigenvalue weighted by molar-refractivity contribution is 5.92. The zero-order valence-corrected chi connectivity index (χ0v) is 15.8. The lowest BCUT2D eigenvalue weighted by molar-refractivity contribution is -0.130. The molecule has 1 aliphatic rings. The molecule has 0 N–H and O–H groups in total. The number of hydrogen-bond donors (Lipinski definition) is 0. The van der Waals surface area contributed by atoms with Crippen LogP contribution in [0.3, 0.4) is 0 Å². The van der Waals surface area contributed by atoms with E-state index in [1.54, 1.807) is 35.1 Å². The van der Waals surface area contributed by atoms with Gasteiger partial charge >= 0.3 is 0 Å². The quantitative estimate of drug-likeness (QED) is 0.747. The predicted octanol–water partition coefficient (Wildman–Crippen LogP) is 3.11. The van der Waals surface area contributed by atoms with E-state index in [9.17, 15) is 14.0 Å². The number of amides is 2. The third-order valence-electron chi connectivity index (χ3n) is 4.74. The topological polar surface area (TPSA) is 49.9 Å². The highest BCUT2D eigenvalue weighted by Crippen LogP contribution is 2.15. The van der Waals surface area contributed by atoms with Crippen LogP contribution in [-0.4, -0.2) is 48.4 Å². The number of carbonyl (C=O) groups is 2. The normalized spacial score (nSPS) is 15.0. The van der Waals surface area contributed by atoms with Crippen molar-refractivity contribution in [3.05, 3.63) is 71.6 Å². The van der Waals surface area contributed by atoms with Crippen molar-refractivity contribution in [3.63, 3.8) is 0 Å². The maximum Gasteiger partial charge on any atom is 0.246 e. The van der Waals surface area contributed by atoms with Crippen molar-refractivity contribution in [3.8, 4) is 5.75 Å². The molecule has 6 heteroatoms. The molecule has 3 rings (SSSR count). The number of methoxy groups -OCH3 is 1. The van der Waals surface area contributed by atoms with Crippen LogP contribution in [0.4, 0.5) is 4.39 Å². The van der Waals surface area contributed by atoms with Crippen LogP contribution in [0.5, 0.6) is 5.75 Å². The molecule has 2 aromatic carbocycles. The first kappa shape index (κ1) is 19.6. The molecule has 0 spiro atoms. The fraction of sp³-hybridized carbons (Fsp3) is 0.273. The van der Waals surface area contributed by atoms with Crippen molar-refractivity contribution < 1.29 is 18.7 Å². The summed E-state index contributed by atoms with van der Waals surface area (Å²) in [6, 6.07) is 13.9. The first-order valence-electron chi connectivity index (χ1n) is 9.19. The Bertz CT molecular complexity index is 864. The Labute approximate surface area is 164 Å². The van der Waals surface area contributed by atoms with Gasteiger partial charge in [-0.3, -0.25) is 9.59 Å². The molecule has 1 saturated heterocycles. The number of ether oxygens (including phenoxy) is 1. The Kier molecular flexibility index (Phi) is 6.42. The van der Waals surface area contributed by atoms with E-state index in [-0.39, 0.29) is 24.1 Å². The van der Waals surface area contributed by atoms with Crippen molar-refractivity contribution in [2.24, 2.45) is 0 Å². The zero-order chi connectivity index (χ0) is 19.9. The third kappa shape index (κ3) is 4.97. The van der Waals surface area contributed by atoms with E-state index in [4.69, 9.17) is 4.74 Å². The molecule has 0 radical (unpaired) electrons. The molecule has 0 unspecified atom stereocenters. The van der Waals surface area contributed by atoms with Gasteiger partial charge in [-0.2, -0.15) is 0 Å². The Hall–Kier alpha value is -3.15. The molecule has 1 aliphatic heterocycles. The fourth-order valence-corrected chi connectivity index (χ4v) is 3.08. The minimum absolute atomic E-state index is 0.0178. The summed E-state index contributed by atoms with van der Waals surface area (Å²) in [4.78, 5) is 28.3. The van der Waals surface area contributed by atoms with Gasteiger partial charge in [-0.05, 0) is 29.8 Å². The van der Waals surface area contributed by atoms with Gasteiger partial charge in [-0.25, -0.2) is 4.39 Å². The van der Waals surface area contributed by atoms with Crippen LogP contribution in [0.2, 0.25) is 0 Å². The summed E-state index contributed by atoms with van der Waals surface area (Å²) in [5.74, 6) is 0.194. The van der Waals surface area contributed by atoms with Crippen LogP contribution < -0.4 is 4.74 Å². The summed E-state index contributed by atoms with van der Waals surface area (Å²) >= 11 is 0. The van der Waals surface area contributed by atoms with Gasteiger partial charge in [-0.15, -0.1) is 0 Å². The second-order valence-electron chi connectivity index (χ2n) is 6.59. The molecule has 146 valence electrons. The second-order valence-corrected chi connectivity index (χ2v) is 6.59. The SMILES string of the molecule is COc1ccc(CN2CCN(C(=O)/C=C/c3ccccc3F)CCC2=O)cc1. The van der Waals surface area contributed by atoms with Gasteiger partial charge in [0.05, 0.1) is 7.11 Å². The molecular weight excluding hydrogens is 359 g/mol. The summed E-state index contributed by atoms with van der Waals surface area (Å²) in [5.41, 5.74) is 1.37. The van der Waals surface area contributed by atoms with Crippen LogP contribution in [0.25, 0.3) is 6.08 Å². The molecule has 5 nitrogen and oxygen atoms in total. The van der Waals surface area contributed by atoms with Crippen molar-refractivity contribution in [1.82, 2.24) is 9.80 Å². The molecule has 2 aromatic rings. The van der Waals surface area contributed by atoms with Crippen LogP contribution in [0.15, 0.2) is 54.6 Å². The number of halogens is 1. The first-order chi connectivity index (χ1) is 13.6. The van der Waals surface area contributed by atoms with E-state index in [2.05, 4.69) is 0 Å². The molecule has 28 heavy (non-hydrogen) atoms. The van der Waals surface area contributed by atoms with Crippen LogP contribution in [0, 0.1) is 5.82 Å². The van der Waals surface area contributed by atoms with Crippen molar-refractivity contribution in [2.75, 3.05) is 26.7 Å². The number of rotatable bonds is 5. The van der Waals surface area contributed by atoms with E-state index in [1.807, 2.05) is 24.3 Å². The molecule has 1 fully saturated rings. The van der Waals surface area contributed by atoms with Gasteiger partial charge in [0.15, 0.2) is 0 Å². The molecule has 0 bridgehead atoms. The van der Waals surface area contributed by atoms with Crippen molar-refractivity contribution in [1.29, 1.82) is 0 Å². The summed E-state index contributed by atoms with van der Waals surface area (Å²) in [5, 5.41) is 0. The second kappa shape index (κ2) is 9.17. The predicted molar refractivity (Wildman–Crippen MR) is 105 cm³/mol. The third-order valence-corrected chi connectivity index (χ3v) is 4.74. The lowest BCUT2D eigenvalue weighted by Crippen LogP contribution is -2.34. The average molecular weight is 382 g/mol. The number of nitrogens with zero attached hydrogens (tertiary/aromatic N) is 2. The van der Waals surface area contributed by atoms with Gasteiger partial charge in [0.2, 0.25) is 11.8 Å². The lowest BCUT2D eigenvalue weighted by Gasteiger charge is -2.21. The van der Waals surface area contributed by atoms with Gasteiger partial charge in [0.25, 0.3) is 0 Å². The van der Waals surface area contributed by atoms with Gasteiger partial charge in [0, 0.05) is 44.2 Å². The highest BCUT2D eigenvalue weighted by atomic mass is 19.1. The van der Waals surface area contributed by atoms with E-state index < -0.39 is 0 Å². The van der Waals surface area contributed by atoms with Crippen LogP contribution in [-0.2, 0) is 16.1 Å². The molecule has 0 saturated carbocycles. The standard InChI is InChI=1S/C22H23FN2O3/c1-28-19-9-6-17(7-10-19)16-25-15-14-24(13-12-22(25)27)21(26)11-8-18-4-2-3-5-20(18)23/h2-11H,12-16H2,1H3/b11-8+. The molecule has 0 aliphatic carbocycles. The average Bonchev–Trinajstić information content (AvgIpc) is 2.90. The molecule has 1 heterocycles. The minimum Gasteiger partial charge on any atom is -0.497 e. The molecule has 0 atom stereocenters. The van der Waals surface area contributed by atoms with E-state index in [0.717, 1.165) is 11.3 Å². The zero-order valence-electron chi connectivity index (χ0n) is 15.8. The van der Waals surface area contributed by atoms with Crippen molar-refractivity contribution >= 4 is 17.9 Å². The summed E-state index contributed by atoms with van der Waals surface area (Å²) in [7, 11) is 1.61. The Morgan fingerprint density at radius 3 is 2.57 bits per heavy atom. The first-order valence-corrected chi connectivity index (χ1v) is 9.19. The van der Waals surface area contributed by atoms with Crippen LogP contribution >= 0.6 is 0 Å². The molecular formula is C22H23FN2O3. The monoisotopic (exact) mass is 382 g/mol. The van der Waals surface area contributed by atoms with E-state index in [1.165, 1.54) is 18.2 Å². The van der Waals surface area contributed by atoms with Crippen LogP contribution in [0.1, 0.15) is 17.5 Å². The van der Waals surface area contributed by atoms with Crippen molar-refractivity contribution in [2.45, 2.75) is 13.0 Å². The highest BCUT2D eigenvalue weighted by Gasteiger charge is 2.22. The Balaban J connectivity index is 1.60. The maximum atomic E-state index is 13.7. The lowest BCUT2D eigenvalue weighted by atomic mass is 10.2. The summed E-state index contributed by atoms with van der Waals surface area (Å²) in [6.45, 7) is 1.76.